The zero-order chi connectivity index (χ0) is 14.0. The van der Waals surface area contributed by atoms with E-state index in [1.165, 1.54) is 23.1 Å². The molecule has 1 N–H and O–H groups in total. The number of carbonyl (C=O) groups is 2. The Hall–Kier alpha value is -1.56. The van der Waals surface area contributed by atoms with Crippen molar-refractivity contribution >= 4 is 24.5 Å². The highest BCUT2D eigenvalue weighted by atomic mass is 32.1. The molecule has 0 bridgehead atoms. The molecule has 0 spiro atoms. The molecule has 0 saturated carbocycles. The summed E-state index contributed by atoms with van der Waals surface area (Å²) in [5, 5.41) is 9.12. The number of hydrogen-bond acceptors (Lipinski definition) is 3. The minimum absolute atomic E-state index is 0.0966. The first-order chi connectivity index (χ1) is 8.97. The van der Waals surface area contributed by atoms with Crippen molar-refractivity contribution in [3.8, 4) is 0 Å². The van der Waals surface area contributed by atoms with Gasteiger partial charge in [0.2, 0.25) is 5.91 Å². The lowest BCUT2D eigenvalue weighted by molar-refractivity contribution is -0.148. The maximum Gasteiger partial charge on any atom is 0.326 e. The van der Waals surface area contributed by atoms with Crippen molar-refractivity contribution in [2.75, 3.05) is 6.54 Å². The number of carbonyl (C=O) groups excluding carboxylic acids is 1. The van der Waals surface area contributed by atoms with Crippen molar-refractivity contribution < 1.29 is 19.1 Å². The number of hydrogen-bond donors (Lipinski definition) is 2. The summed E-state index contributed by atoms with van der Waals surface area (Å²) in [7, 11) is 0. The van der Waals surface area contributed by atoms with Crippen LogP contribution < -0.4 is 0 Å². The standard InChI is InChI=1S/C13H14FNO3S/c14-9-3-1-2-8(4-9)5-11(13(17)18)15-7-10(19)6-12(15)16/h1-4,10-11,19H,5-7H2,(H,17,18)/t10?,11-/m0/s1. The average molecular weight is 283 g/mol. The van der Waals surface area contributed by atoms with Crippen molar-refractivity contribution in [3.05, 3.63) is 35.6 Å². The van der Waals surface area contributed by atoms with Crippen LogP contribution in [0.15, 0.2) is 24.3 Å². The first-order valence-corrected chi connectivity index (χ1v) is 6.44. The summed E-state index contributed by atoms with van der Waals surface area (Å²) in [4.78, 5) is 24.4. The van der Waals surface area contributed by atoms with Gasteiger partial charge in [-0.15, -0.1) is 0 Å². The fourth-order valence-electron chi connectivity index (χ4n) is 2.23. The van der Waals surface area contributed by atoms with Gasteiger partial charge in [-0.1, -0.05) is 12.1 Å². The lowest BCUT2D eigenvalue weighted by Gasteiger charge is -2.24. The Morgan fingerprint density at radius 3 is 2.84 bits per heavy atom. The van der Waals surface area contributed by atoms with Gasteiger partial charge in [-0.3, -0.25) is 4.79 Å². The van der Waals surface area contributed by atoms with Gasteiger partial charge in [-0.2, -0.15) is 12.6 Å². The molecule has 4 nitrogen and oxygen atoms in total. The number of aliphatic carboxylic acids is 1. The van der Waals surface area contributed by atoms with E-state index in [1.54, 1.807) is 6.07 Å². The molecule has 19 heavy (non-hydrogen) atoms. The lowest BCUT2D eigenvalue weighted by Crippen LogP contribution is -2.43. The molecule has 1 aromatic rings. The van der Waals surface area contributed by atoms with E-state index in [4.69, 9.17) is 0 Å². The zero-order valence-corrected chi connectivity index (χ0v) is 11.0. The predicted molar refractivity (Wildman–Crippen MR) is 70.6 cm³/mol. The Morgan fingerprint density at radius 2 is 2.32 bits per heavy atom. The third kappa shape index (κ3) is 3.26. The molecule has 1 aromatic carbocycles. The molecule has 1 fully saturated rings. The Balaban J connectivity index is 2.17. The predicted octanol–water partition coefficient (Wildman–Crippen LogP) is 1.35. The summed E-state index contributed by atoms with van der Waals surface area (Å²) in [6.45, 7) is 0.314. The Morgan fingerprint density at radius 1 is 1.58 bits per heavy atom. The summed E-state index contributed by atoms with van der Waals surface area (Å²) in [6.07, 6.45) is 0.343. The van der Waals surface area contributed by atoms with Crippen LogP contribution in [0.1, 0.15) is 12.0 Å². The molecule has 2 rings (SSSR count). The second-order valence-corrected chi connectivity index (χ2v) is 5.32. The topological polar surface area (TPSA) is 57.6 Å². The van der Waals surface area contributed by atoms with Gasteiger partial charge in [0.25, 0.3) is 0 Å². The number of carboxylic acids is 1. The van der Waals surface area contributed by atoms with Crippen molar-refractivity contribution in [1.82, 2.24) is 4.90 Å². The second-order valence-electron chi connectivity index (χ2n) is 4.59. The van der Waals surface area contributed by atoms with E-state index in [0.29, 0.717) is 12.1 Å². The van der Waals surface area contributed by atoms with Gasteiger partial charge in [0.1, 0.15) is 11.9 Å². The minimum Gasteiger partial charge on any atom is -0.480 e. The summed E-state index contributed by atoms with van der Waals surface area (Å²) in [6, 6.07) is 4.79. The smallest absolute Gasteiger partial charge is 0.326 e. The molecule has 2 atom stereocenters. The molecular formula is C13H14FNO3S. The van der Waals surface area contributed by atoms with Gasteiger partial charge in [-0.25, -0.2) is 9.18 Å². The Bertz CT molecular complexity index is 508. The molecule has 0 aliphatic carbocycles. The van der Waals surface area contributed by atoms with E-state index < -0.39 is 17.8 Å². The van der Waals surface area contributed by atoms with Crippen molar-refractivity contribution in [2.45, 2.75) is 24.1 Å². The van der Waals surface area contributed by atoms with Gasteiger partial charge in [0.05, 0.1) is 0 Å². The molecule has 1 amide bonds. The summed E-state index contributed by atoms with van der Waals surface area (Å²) >= 11 is 4.20. The zero-order valence-electron chi connectivity index (χ0n) is 10.1. The van der Waals surface area contributed by atoms with E-state index in [-0.39, 0.29) is 24.0 Å². The van der Waals surface area contributed by atoms with Crippen LogP contribution in [-0.4, -0.2) is 39.7 Å². The van der Waals surface area contributed by atoms with E-state index >= 15 is 0 Å². The number of nitrogens with zero attached hydrogens (tertiary/aromatic N) is 1. The molecule has 1 aliphatic heterocycles. The van der Waals surface area contributed by atoms with Gasteiger partial charge in [-0.05, 0) is 17.7 Å². The fourth-order valence-corrected chi connectivity index (χ4v) is 2.56. The molecule has 102 valence electrons. The Labute approximate surface area is 115 Å². The second kappa shape index (κ2) is 5.61. The van der Waals surface area contributed by atoms with Crippen molar-refractivity contribution in [1.29, 1.82) is 0 Å². The van der Waals surface area contributed by atoms with E-state index in [0.717, 1.165) is 0 Å². The van der Waals surface area contributed by atoms with Gasteiger partial charge < -0.3 is 10.0 Å². The lowest BCUT2D eigenvalue weighted by atomic mass is 10.0. The third-order valence-corrected chi connectivity index (χ3v) is 3.46. The number of carboxylic acid groups (broad SMARTS) is 1. The van der Waals surface area contributed by atoms with Crippen LogP contribution in [-0.2, 0) is 16.0 Å². The summed E-state index contributed by atoms with van der Waals surface area (Å²) < 4.78 is 13.1. The molecule has 0 aromatic heterocycles. The Kier molecular flexibility index (Phi) is 4.09. The van der Waals surface area contributed by atoms with E-state index in [9.17, 15) is 19.1 Å². The quantitative estimate of drug-likeness (QED) is 0.820. The van der Waals surface area contributed by atoms with Crippen LogP contribution in [0, 0.1) is 5.82 Å². The largest absolute Gasteiger partial charge is 0.480 e. The summed E-state index contributed by atoms with van der Waals surface area (Å²) in [5.74, 6) is -1.72. The fraction of sp³-hybridized carbons (Fsp3) is 0.385. The van der Waals surface area contributed by atoms with Crippen molar-refractivity contribution in [3.63, 3.8) is 0 Å². The van der Waals surface area contributed by atoms with Crippen LogP contribution in [0.3, 0.4) is 0 Å². The van der Waals surface area contributed by atoms with Crippen LogP contribution in [0.25, 0.3) is 0 Å². The van der Waals surface area contributed by atoms with Gasteiger partial charge in [0, 0.05) is 24.6 Å². The molecule has 6 heteroatoms. The van der Waals surface area contributed by atoms with Crippen LogP contribution in [0.2, 0.25) is 0 Å². The van der Waals surface area contributed by atoms with Crippen molar-refractivity contribution in [2.24, 2.45) is 0 Å². The highest BCUT2D eigenvalue weighted by molar-refractivity contribution is 7.81. The molecule has 0 radical (unpaired) electrons. The van der Waals surface area contributed by atoms with E-state index in [1.807, 2.05) is 0 Å². The number of likely N-dealkylation sites (tertiary alicyclic amines) is 1. The van der Waals surface area contributed by atoms with Crippen LogP contribution in [0.5, 0.6) is 0 Å². The van der Waals surface area contributed by atoms with E-state index in [2.05, 4.69) is 12.6 Å². The number of rotatable bonds is 4. The molecule has 1 heterocycles. The van der Waals surface area contributed by atoms with Crippen LogP contribution >= 0.6 is 12.6 Å². The number of amides is 1. The van der Waals surface area contributed by atoms with Crippen LogP contribution in [0.4, 0.5) is 4.39 Å². The summed E-state index contributed by atoms with van der Waals surface area (Å²) in [5.41, 5.74) is 0.558. The third-order valence-electron chi connectivity index (χ3n) is 3.12. The monoisotopic (exact) mass is 283 g/mol. The average Bonchev–Trinajstić information content (AvgIpc) is 2.65. The first-order valence-electron chi connectivity index (χ1n) is 5.92. The van der Waals surface area contributed by atoms with Gasteiger partial charge in [0.15, 0.2) is 0 Å². The molecule has 1 aliphatic rings. The SMILES string of the molecule is O=C(O)[C@H](Cc1cccc(F)c1)N1CC(S)CC1=O. The molecule has 1 saturated heterocycles. The number of thiol groups is 1. The van der Waals surface area contributed by atoms with Gasteiger partial charge >= 0.3 is 5.97 Å². The first kappa shape index (κ1) is 13.9. The maximum atomic E-state index is 13.1. The highest BCUT2D eigenvalue weighted by Gasteiger charge is 2.36. The highest BCUT2D eigenvalue weighted by Crippen LogP contribution is 2.21. The molecule has 1 unspecified atom stereocenters. The minimum atomic E-state index is -1.08. The molecular weight excluding hydrogens is 269 g/mol. The normalized spacial score (nSPS) is 20.6. The maximum absolute atomic E-state index is 13.1. The number of halogens is 1. The number of benzene rings is 1.